The Morgan fingerprint density at radius 2 is 2.25 bits per heavy atom. The van der Waals surface area contributed by atoms with Gasteiger partial charge in [-0.15, -0.1) is 11.3 Å². The molecule has 3 nitrogen and oxygen atoms in total. The van der Waals surface area contributed by atoms with Crippen LogP contribution in [0.3, 0.4) is 0 Å². The van der Waals surface area contributed by atoms with E-state index in [4.69, 9.17) is 0 Å². The number of aryl methyl sites for hydroxylation is 2. The van der Waals surface area contributed by atoms with Gasteiger partial charge in [0.15, 0.2) is 6.29 Å². The maximum atomic E-state index is 10.9. The number of aromatic nitrogens is 2. The highest BCUT2D eigenvalue weighted by Crippen LogP contribution is 2.28. The van der Waals surface area contributed by atoms with E-state index >= 15 is 0 Å². The minimum absolute atomic E-state index is 0.168. The molecule has 0 bridgehead atoms. The second-order valence-electron chi connectivity index (χ2n) is 3.82. The van der Waals surface area contributed by atoms with Gasteiger partial charge >= 0.3 is 0 Å². The van der Waals surface area contributed by atoms with Crippen LogP contribution < -0.4 is 0 Å². The van der Waals surface area contributed by atoms with Crippen LogP contribution in [-0.2, 0) is 0 Å². The number of hydrogen-bond donors (Lipinski definition) is 0. The predicted molar refractivity (Wildman–Crippen MR) is 65.2 cm³/mol. The van der Waals surface area contributed by atoms with Crippen molar-refractivity contribution < 1.29 is 4.79 Å². The van der Waals surface area contributed by atoms with Gasteiger partial charge in [0, 0.05) is 6.20 Å². The average molecular weight is 234 g/mol. The zero-order valence-electron chi connectivity index (χ0n) is 9.60. The zero-order valence-corrected chi connectivity index (χ0v) is 10.4. The predicted octanol–water partition coefficient (Wildman–Crippen LogP) is 2.98. The van der Waals surface area contributed by atoms with E-state index in [-0.39, 0.29) is 6.04 Å². The lowest BCUT2D eigenvalue weighted by molar-refractivity contribution is 0.111. The number of nitrogens with zero attached hydrogens (tertiary/aromatic N) is 2. The van der Waals surface area contributed by atoms with Crippen molar-refractivity contribution in [2.75, 3.05) is 0 Å². The maximum absolute atomic E-state index is 10.9. The minimum atomic E-state index is 0.168. The maximum Gasteiger partial charge on any atom is 0.166 e. The Bertz CT molecular complexity index is 513. The van der Waals surface area contributed by atoms with Gasteiger partial charge in [-0.1, -0.05) is 0 Å². The van der Waals surface area contributed by atoms with E-state index in [1.165, 1.54) is 4.88 Å². The molecule has 0 aliphatic carbocycles. The lowest BCUT2D eigenvalue weighted by Gasteiger charge is -2.14. The second kappa shape index (κ2) is 4.22. The Labute approximate surface area is 98.8 Å². The van der Waals surface area contributed by atoms with Crippen LogP contribution in [0.25, 0.3) is 0 Å². The van der Waals surface area contributed by atoms with Gasteiger partial charge in [0.05, 0.1) is 27.3 Å². The van der Waals surface area contributed by atoms with Crippen molar-refractivity contribution in [3.05, 3.63) is 39.6 Å². The summed E-state index contributed by atoms with van der Waals surface area (Å²) >= 11 is 1.69. The van der Waals surface area contributed by atoms with Crippen LogP contribution >= 0.6 is 11.3 Å². The highest BCUT2D eigenvalue weighted by Gasteiger charge is 2.15. The number of carbonyl (C=O) groups is 1. The van der Waals surface area contributed by atoms with E-state index < -0.39 is 0 Å². The fraction of sp³-hybridized carbons (Fsp3) is 0.333. The molecule has 0 aromatic carbocycles. The first-order chi connectivity index (χ1) is 7.63. The van der Waals surface area contributed by atoms with Crippen LogP contribution in [0.2, 0.25) is 0 Å². The molecule has 1 unspecified atom stereocenters. The smallest absolute Gasteiger partial charge is 0.166 e. The first-order valence-electron chi connectivity index (χ1n) is 5.19. The molecule has 0 saturated heterocycles. The Kier molecular flexibility index (Phi) is 2.92. The molecule has 0 N–H and O–H groups in total. The molecule has 2 aromatic heterocycles. The van der Waals surface area contributed by atoms with E-state index in [2.05, 4.69) is 11.9 Å². The SMILES string of the molecule is Cc1nc(C)c(C(C)n2cccc2C=O)s1. The van der Waals surface area contributed by atoms with E-state index in [0.29, 0.717) is 5.69 Å². The third kappa shape index (κ3) is 1.80. The molecule has 4 heteroatoms. The van der Waals surface area contributed by atoms with Crippen LogP contribution in [0.4, 0.5) is 0 Å². The molecule has 0 spiro atoms. The molecular formula is C12H14N2OS. The van der Waals surface area contributed by atoms with Gasteiger partial charge in [0.25, 0.3) is 0 Å². The van der Waals surface area contributed by atoms with Gasteiger partial charge in [-0.3, -0.25) is 4.79 Å². The van der Waals surface area contributed by atoms with E-state index in [1.54, 1.807) is 11.3 Å². The Balaban J connectivity index is 2.42. The van der Waals surface area contributed by atoms with Gasteiger partial charge in [-0.25, -0.2) is 4.98 Å². The molecule has 0 radical (unpaired) electrons. The highest BCUT2D eigenvalue weighted by molar-refractivity contribution is 7.11. The molecule has 0 aliphatic heterocycles. The van der Waals surface area contributed by atoms with Crippen LogP contribution in [-0.4, -0.2) is 15.8 Å². The van der Waals surface area contributed by atoms with Crippen molar-refractivity contribution in [1.29, 1.82) is 0 Å². The largest absolute Gasteiger partial charge is 0.337 e. The number of thiazole rings is 1. The van der Waals surface area contributed by atoms with Crippen molar-refractivity contribution in [1.82, 2.24) is 9.55 Å². The summed E-state index contributed by atoms with van der Waals surface area (Å²) in [6.07, 6.45) is 2.82. The van der Waals surface area contributed by atoms with Gasteiger partial charge in [-0.05, 0) is 32.9 Å². The van der Waals surface area contributed by atoms with Gasteiger partial charge < -0.3 is 4.57 Å². The Morgan fingerprint density at radius 1 is 1.50 bits per heavy atom. The molecule has 2 aromatic rings. The molecule has 2 heterocycles. The summed E-state index contributed by atoms with van der Waals surface area (Å²) in [6, 6.07) is 3.89. The average Bonchev–Trinajstić information content (AvgIpc) is 2.83. The van der Waals surface area contributed by atoms with E-state index in [9.17, 15) is 4.79 Å². The van der Waals surface area contributed by atoms with Gasteiger partial charge in [0.2, 0.25) is 0 Å². The van der Waals surface area contributed by atoms with E-state index in [1.807, 2.05) is 36.7 Å². The second-order valence-corrected chi connectivity index (χ2v) is 5.05. The molecule has 0 amide bonds. The van der Waals surface area contributed by atoms with Crippen molar-refractivity contribution in [2.45, 2.75) is 26.8 Å². The minimum Gasteiger partial charge on any atom is -0.337 e. The fourth-order valence-electron chi connectivity index (χ4n) is 1.92. The molecule has 84 valence electrons. The molecule has 0 saturated carbocycles. The quantitative estimate of drug-likeness (QED) is 0.765. The summed E-state index contributed by atoms with van der Waals surface area (Å²) < 4.78 is 1.98. The van der Waals surface area contributed by atoms with Crippen LogP contribution in [0, 0.1) is 13.8 Å². The van der Waals surface area contributed by atoms with Crippen molar-refractivity contribution in [3.63, 3.8) is 0 Å². The first-order valence-corrected chi connectivity index (χ1v) is 6.01. The fourth-order valence-corrected chi connectivity index (χ4v) is 2.90. The highest BCUT2D eigenvalue weighted by atomic mass is 32.1. The molecule has 2 rings (SSSR count). The molecular weight excluding hydrogens is 220 g/mol. The molecule has 16 heavy (non-hydrogen) atoms. The van der Waals surface area contributed by atoms with Crippen LogP contribution in [0.15, 0.2) is 18.3 Å². The summed E-state index contributed by atoms with van der Waals surface area (Å²) in [6.45, 7) is 6.11. The van der Waals surface area contributed by atoms with Gasteiger partial charge in [-0.2, -0.15) is 0 Å². The lowest BCUT2D eigenvalue weighted by Crippen LogP contribution is -2.08. The monoisotopic (exact) mass is 234 g/mol. The van der Waals surface area contributed by atoms with Crippen molar-refractivity contribution >= 4 is 17.6 Å². The summed E-state index contributed by atoms with van der Waals surface area (Å²) in [4.78, 5) is 16.5. The number of aldehydes is 1. The van der Waals surface area contributed by atoms with Crippen molar-refractivity contribution in [3.8, 4) is 0 Å². The van der Waals surface area contributed by atoms with Crippen LogP contribution in [0.1, 0.15) is 39.0 Å². The Morgan fingerprint density at radius 3 is 2.81 bits per heavy atom. The number of carbonyl (C=O) groups excluding carboxylic acids is 1. The lowest BCUT2D eigenvalue weighted by atomic mass is 10.2. The molecule has 1 atom stereocenters. The first kappa shape index (κ1) is 11.1. The summed E-state index contributed by atoms with van der Waals surface area (Å²) in [7, 11) is 0. The third-order valence-corrected chi connectivity index (χ3v) is 3.91. The normalized spacial score (nSPS) is 12.7. The van der Waals surface area contributed by atoms with Crippen molar-refractivity contribution in [2.24, 2.45) is 0 Å². The number of rotatable bonds is 3. The summed E-state index contributed by atoms with van der Waals surface area (Å²) in [5.74, 6) is 0. The van der Waals surface area contributed by atoms with Crippen LogP contribution in [0.5, 0.6) is 0 Å². The standard InChI is InChI=1S/C12H14N2OS/c1-8-12(16-10(3)13-8)9(2)14-6-4-5-11(14)7-15/h4-7,9H,1-3H3. The summed E-state index contributed by atoms with van der Waals surface area (Å²) in [5, 5.41) is 1.07. The van der Waals surface area contributed by atoms with Gasteiger partial charge in [0.1, 0.15) is 0 Å². The molecule has 0 fully saturated rings. The number of hydrogen-bond acceptors (Lipinski definition) is 3. The third-order valence-electron chi connectivity index (χ3n) is 2.67. The topological polar surface area (TPSA) is 34.9 Å². The summed E-state index contributed by atoms with van der Waals surface area (Å²) in [5.41, 5.74) is 1.76. The Hall–Kier alpha value is -1.42. The zero-order chi connectivity index (χ0) is 11.7. The van der Waals surface area contributed by atoms with E-state index in [0.717, 1.165) is 17.0 Å². The molecule has 0 aliphatic rings.